The molecule has 1 saturated heterocycles. The molecule has 3 rings (SSSR count). The summed E-state index contributed by atoms with van der Waals surface area (Å²) in [5.74, 6) is 1.60. The molecule has 2 fully saturated rings. The highest BCUT2D eigenvalue weighted by Gasteiger charge is 2.50. The van der Waals surface area contributed by atoms with E-state index in [2.05, 4.69) is 24.1 Å². The number of likely N-dealkylation sites (tertiary alicyclic amines) is 1. The predicted molar refractivity (Wildman–Crippen MR) is 92.9 cm³/mol. The molecule has 0 unspecified atom stereocenters. The van der Waals surface area contributed by atoms with Crippen LogP contribution in [-0.2, 0) is 14.9 Å². The number of fused-ring (bicyclic) bond motifs is 1. The largest absolute Gasteiger partial charge is 0.493 e. The van der Waals surface area contributed by atoms with Crippen LogP contribution in [-0.4, -0.2) is 58.8 Å². The first-order valence-electron chi connectivity index (χ1n) is 8.68. The highest BCUT2D eigenvalue weighted by atomic mass is 16.7. The minimum atomic E-state index is 0.182. The molecule has 1 heterocycles. The fourth-order valence-corrected chi connectivity index (χ4v) is 4.55. The Morgan fingerprint density at radius 3 is 2.62 bits per heavy atom. The van der Waals surface area contributed by atoms with Gasteiger partial charge in [-0.2, -0.15) is 0 Å². The van der Waals surface area contributed by atoms with E-state index >= 15 is 0 Å². The number of methoxy groups -OCH3 is 3. The molecule has 2 aliphatic rings. The highest BCUT2D eigenvalue weighted by Crippen LogP contribution is 2.50. The third-order valence-electron chi connectivity index (χ3n) is 5.86. The first-order chi connectivity index (χ1) is 11.6. The summed E-state index contributed by atoms with van der Waals surface area (Å²) in [6.07, 6.45) is 4.71. The Hall–Kier alpha value is -1.30. The monoisotopic (exact) mass is 335 g/mol. The number of ether oxygens (including phenoxy) is 4. The maximum Gasteiger partial charge on any atom is 0.161 e. The summed E-state index contributed by atoms with van der Waals surface area (Å²) in [5, 5.41) is 0. The van der Waals surface area contributed by atoms with E-state index in [1.54, 1.807) is 21.3 Å². The molecule has 0 aromatic heterocycles. The first-order valence-corrected chi connectivity index (χ1v) is 8.68. The van der Waals surface area contributed by atoms with Crippen LogP contribution >= 0.6 is 0 Å². The third-order valence-corrected chi connectivity index (χ3v) is 5.86. The summed E-state index contributed by atoms with van der Waals surface area (Å²) < 4.78 is 21.9. The van der Waals surface area contributed by atoms with E-state index in [0.29, 0.717) is 12.8 Å². The molecular weight excluding hydrogens is 306 g/mol. The fourth-order valence-electron chi connectivity index (χ4n) is 4.55. The van der Waals surface area contributed by atoms with Crippen molar-refractivity contribution in [2.75, 3.05) is 41.7 Å². The minimum Gasteiger partial charge on any atom is -0.493 e. The van der Waals surface area contributed by atoms with E-state index in [1.807, 2.05) is 6.07 Å². The third kappa shape index (κ3) is 3.01. The summed E-state index contributed by atoms with van der Waals surface area (Å²) in [4.78, 5) is 2.49. The second-order valence-electron chi connectivity index (χ2n) is 6.94. The maximum atomic E-state index is 5.86. The molecule has 24 heavy (non-hydrogen) atoms. The Bertz CT molecular complexity index is 564. The second-order valence-corrected chi connectivity index (χ2v) is 6.94. The predicted octanol–water partition coefficient (Wildman–Crippen LogP) is 2.82. The summed E-state index contributed by atoms with van der Waals surface area (Å²) in [6, 6.07) is 6.91. The van der Waals surface area contributed by atoms with Gasteiger partial charge in [-0.15, -0.1) is 0 Å². The van der Waals surface area contributed by atoms with Gasteiger partial charge >= 0.3 is 0 Å². The lowest BCUT2D eigenvalue weighted by atomic mass is 9.65. The number of benzene rings is 1. The molecule has 0 spiro atoms. The molecule has 0 bridgehead atoms. The molecule has 3 atom stereocenters. The average molecular weight is 335 g/mol. The Balaban J connectivity index is 1.88. The standard InChI is InChI=1S/C19H29NO4/c1-20-10-9-19(8-7-15(12-18(19)20)24-13-21-2)14-5-6-16(22-3)17(11-14)23-4/h5-6,11,15,18H,7-10,12-13H2,1-4H3/t15-,18+,19+/m1/s1. The lowest BCUT2D eigenvalue weighted by Crippen LogP contribution is -2.48. The van der Waals surface area contributed by atoms with E-state index in [-0.39, 0.29) is 11.5 Å². The fraction of sp³-hybridized carbons (Fsp3) is 0.684. The molecule has 1 aromatic rings. The van der Waals surface area contributed by atoms with Crippen molar-refractivity contribution < 1.29 is 18.9 Å². The van der Waals surface area contributed by atoms with Crippen LogP contribution in [0.15, 0.2) is 18.2 Å². The lowest BCUT2D eigenvalue weighted by Gasteiger charge is -2.44. The van der Waals surface area contributed by atoms with Crippen LogP contribution in [0.2, 0.25) is 0 Å². The number of rotatable bonds is 6. The number of nitrogens with zero attached hydrogens (tertiary/aromatic N) is 1. The SMILES string of the molecule is COCO[C@@H]1CC[C@@]2(c3ccc(OC)c(OC)c3)CCN(C)[C@H]2C1. The van der Waals surface area contributed by atoms with Gasteiger partial charge in [0.2, 0.25) is 0 Å². The molecule has 1 aliphatic heterocycles. The molecule has 0 N–H and O–H groups in total. The minimum absolute atomic E-state index is 0.182. The lowest BCUT2D eigenvalue weighted by molar-refractivity contribution is -0.0949. The van der Waals surface area contributed by atoms with Crippen LogP contribution in [0.5, 0.6) is 11.5 Å². The quantitative estimate of drug-likeness (QED) is 0.748. The van der Waals surface area contributed by atoms with Crippen molar-refractivity contribution in [2.45, 2.75) is 43.2 Å². The molecule has 134 valence electrons. The molecule has 5 heteroatoms. The van der Waals surface area contributed by atoms with E-state index in [9.17, 15) is 0 Å². The molecule has 0 radical (unpaired) electrons. The Morgan fingerprint density at radius 2 is 1.92 bits per heavy atom. The van der Waals surface area contributed by atoms with Gasteiger partial charge in [0.25, 0.3) is 0 Å². The van der Waals surface area contributed by atoms with Gasteiger partial charge in [-0.25, -0.2) is 0 Å². The van der Waals surface area contributed by atoms with Crippen LogP contribution in [0.4, 0.5) is 0 Å². The van der Waals surface area contributed by atoms with Crippen LogP contribution in [0, 0.1) is 0 Å². The molecule has 5 nitrogen and oxygen atoms in total. The number of hydrogen-bond acceptors (Lipinski definition) is 5. The van der Waals surface area contributed by atoms with Gasteiger partial charge in [0.05, 0.1) is 20.3 Å². The Morgan fingerprint density at radius 1 is 1.12 bits per heavy atom. The van der Waals surface area contributed by atoms with Crippen LogP contribution < -0.4 is 9.47 Å². The smallest absolute Gasteiger partial charge is 0.161 e. The van der Waals surface area contributed by atoms with Gasteiger partial charge in [-0.3, -0.25) is 0 Å². The highest BCUT2D eigenvalue weighted by molar-refractivity contribution is 5.46. The molecule has 1 aliphatic carbocycles. The zero-order chi connectivity index (χ0) is 17.2. The normalized spacial score (nSPS) is 30.2. The summed E-state index contributed by atoms with van der Waals surface area (Å²) in [7, 11) is 7.29. The van der Waals surface area contributed by atoms with Crippen LogP contribution in [0.25, 0.3) is 0 Å². The van der Waals surface area contributed by atoms with Crippen LogP contribution in [0.1, 0.15) is 31.2 Å². The van der Waals surface area contributed by atoms with Gasteiger partial charge in [0.1, 0.15) is 6.79 Å². The van der Waals surface area contributed by atoms with E-state index in [1.165, 1.54) is 12.0 Å². The molecule has 0 amide bonds. The summed E-state index contributed by atoms with van der Waals surface area (Å²) in [5.41, 5.74) is 1.54. The average Bonchev–Trinajstić information content (AvgIpc) is 2.97. The van der Waals surface area contributed by atoms with Crippen molar-refractivity contribution in [3.8, 4) is 11.5 Å². The van der Waals surface area contributed by atoms with E-state index in [4.69, 9.17) is 18.9 Å². The van der Waals surface area contributed by atoms with Crippen molar-refractivity contribution in [2.24, 2.45) is 0 Å². The maximum absolute atomic E-state index is 5.86. The first kappa shape index (κ1) is 17.5. The number of hydrogen-bond donors (Lipinski definition) is 0. The summed E-state index contributed by atoms with van der Waals surface area (Å²) >= 11 is 0. The van der Waals surface area contributed by atoms with Crippen molar-refractivity contribution in [3.63, 3.8) is 0 Å². The van der Waals surface area contributed by atoms with Crippen molar-refractivity contribution in [3.05, 3.63) is 23.8 Å². The van der Waals surface area contributed by atoms with Gasteiger partial charge in [0, 0.05) is 18.6 Å². The molecule has 1 aromatic carbocycles. The van der Waals surface area contributed by atoms with E-state index < -0.39 is 0 Å². The van der Waals surface area contributed by atoms with Gasteiger partial charge < -0.3 is 23.8 Å². The molecule has 1 saturated carbocycles. The number of likely N-dealkylation sites (N-methyl/N-ethyl adjacent to an activating group) is 1. The second kappa shape index (κ2) is 7.30. The topological polar surface area (TPSA) is 40.2 Å². The van der Waals surface area contributed by atoms with Gasteiger partial charge in [-0.1, -0.05) is 6.07 Å². The van der Waals surface area contributed by atoms with Crippen molar-refractivity contribution in [1.29, 1.82) is 0 Å². The van der Waals surface area contributed by atoms with Gasteiger partial charge in [0.15, 0.2) is 11.5 Å². The van der Waals surface area contributed by atoms with Crippen LogP contribution in [0.3, 0.4) is 0 Å². The Kier molecular flexibility index (Phi) is 5.33. The molecular formula is C19H29NO4. The Labute approximate surface area is 144 Å². The van der Waals surface area contributed by atoms with Crippen molar-refractivity contribution in [1.82, 2.24) is 4.90 Å². The zero-order valence-corrected chi connectivity index (χ0v) is 15.2. The van der Waals surface area contributed by atoms with Gasteiger partial charge in [-0.05, 0) is 57.0 Å². The van der Waals surface area contributed by atoms with Crippen molar-refractivity contribution >= 4 is 0 Å². The summed E-state index contributed by atoms with van der Waals surface area (Å²) in [6.45, 7) is 1.50. The zero-order valence-electron chi connectivity index (χ0n) is 15.2. The van der Waals surface area contributed by atoms with E-state index in [0.717, 1.165) is 37.3 Å².